The molecule has 2 aromatic heterocycles. The van der Waals surface area contributed by atoms with Crippen molar-refractivity contribution >= 4 is 22.4 Å². The molecule has 7 heteroatoms. The molecule has 0 aliphatic rings. The van der Waals surface area contributed by atoms with Gasteiger partial charge in [0.05, 0.1) is 5.69 Å². The molecule has 25 heavy (non-hydrogen) atoms. The molecule has 0 aliphatic heterocycles. The van der Waals surface area contributed by atoms with Crippen molar-refractivity contribution in [3.05, 3.63) is 52.7 Å². The lowest BCUT2D eigenvalue weighted by molar-refractivity contribution is 0.102. The van der Waals surface area contributed by atoms with E-state index < -0.39 is 0 Å². The number of aromatic nitrogens is 3. The van der Waals surface area contributed by atoms with Gasteiger partial charge in [-0.2, -0.15) is 5.10 Å². The van der Waals surface area contributed by atoms with Crippen LogP contribution < -0.4 is 5.32 Å². The SMILES string of the molecule is Cc1ccc(-c2nc(NC(=O)c3ccn(C)n3)sc2CN(C)C)cc1. The van der Waals surface area contributed by atoms with Crippen LogP contribution in [0.25, 0.3) is 11.3 Å². The van der Waals surface area contributed by atoms with Crippen molar-refractivity contribution in [3.8, 4) is 11.3 Å². The second kappa shape index (κ2) is 7.16. The van der Waals surface area contributed by atoms with E-state index in [1.165, 1.54) is 16.9 Å². The number of anilines is 1. The molecular weight excluding hydrogens is 334 g/mol. The van der Waals surface area contributed by atoms with Crippen LogP contribution in [-0.4, -0.2) is 39.7 Å². The number of hydrogen-bond donors (Lipinski definition) is 1. The number of amides is 1. The van der Waals surface area contributed by atoms with Crippen LogP contribution in [0.4, 0.5) is 5.13 Å². The number of nitrogens with zero attached hydrogens (tertiary/aromatic N) is 4. The van der Waals surface area contributed by atoms with Gasteiger partial charge >= 0.3 is 0 Å². The molecular formula is C18H21N5OS. The van der Waals surface area contributed by atoms with Crippen LogP contribution in [0.15, 0.2) is 36.5 Å². The Balaban J connectivity index is 1.90. The van der Waals surface area contributed by atoms with Crippen molar-refractivity contribution in [3.63, 3.8) is 0 Å². The molecule has 0 bridgehead atoms. The molecule has 0 unspecified atom stereocenters. The van der Waals surface area contributed by atoms with E-state index in [0.29, 0.717) is 10.8 Å². The molecule has 0 atom stereocenters. The zero-order chi connectivity index (χ0) is 18.0. The Kier molecular flexibility index (Phi) is 4.96. The summed E-state index contributed by atoms with van der Waals surface area (Å²) in [5.74, 6) is -0.249. The minimum Gasteiger partial charge on any atom is -0.304 e. The summed E-state index contributed by atoms with van der Waals surface area (Å²) in [4.78, 5) is 20.2. The Labute approximate surface area is 151 Å². The number of benzene rings is 1. The highest BCUT2D eigenvalue weighted by atomic mass is 32.1. The molecule has 0 saturated heterocycles. The average molecular weight is 355 g/mol. The molecule has 2 heterocycles. The van der Waals surface area contributed by atoms with Crippen LogP contribution in [0, 0.1) is 6.92 Å². The van der Waals surface area contributed by atoms with Gasteiger partial charge in [-0.3, -0.25) is 14.8 Å². The first-order valence-electron chi connectivity index (χ1n) is 7.95. The summed E-state index contributed by atoms with van der Waals surface area (Å²) in [5.41, 5.74) is 3.55. The topological polar surface area (TPSA) is 63.1 Å². The third kappa shape index (κ3) is 4.12. The van der Waals surface area contributed by atoms with E-state index in [9.17, 15) is 4.79 Å². The number of carbonyl (C=O) groups excluding carboxylic acids is 1. The maximum Gasteiger partial charge on any atom is 0.277 e. The molecule has 0 radical (unpaired) electrons. The Morgan fingerprint density at radius 1 is 1.24 bits per heavy atom. The van der Waals surface area contributed by atoms with Gasteiger partial charge in [-0.15, -0.1) is 0 Å². The maximum atomic E-state index is 12.3. The minimum atomic E-state index is -0.249. The van der Waals surface area contributed by atoms with Gasteiger partial charge in [0.2, 0.25) is 0 Å². The number of nitrogens with one attached hydrogen (secondary N) is 1. The fraction of sp³-hybridized carbons (Fsp3) is 0.278. The van der Waals surface area contributed by atoms with Gasteiger partial charge in [-0.05, 0) is 27.1 Å². The van der Waals surface area contributed by atoms with Crippen molar-refractivity contribution < 1.29 is 4.79 Å². The van der Waals surface area contributed by atoms with E-state index in [1.807, 2.05) is 14.1 Å². The van der Waals surface area contributed by atoms with Crippen LogP contribution in [0.2, 0.25) is 0 Å². The van der Waals surface area contributed by atoms with Crippen molar-refractivity contribution in [1.29, 1.82) is 0 Å². The molecule has 0 fully saturated rings. The first-order chi connectivity index (χ1) is 11.9. The zero-order valence-corrected chi connectivity index (χ0v) is 15.6. The Morgan fingerprint density at radius 3 is 2.56 bits per heavy atom. The van der Waals surface area contributed by atoms with Crippen LogP contribution >= 0.6 is 11.3 Å². The molecule has 1 amide bonds. The van der Waals surface area contributed by atoms with E-state index >= 15 is 0 Å². The fourth-order valence-electron chi connectivity index (χ4n) is 2.43. The summed E-state index contributed by atoms with van der Waals surface area (Å²) < 4.78 is 1.60. The van der Waals surface area contributed by atoms with E-state index in [0.717, 1.165) is 22.7 Å². The monoisotopic (exact) mass is 355 g/mol. The van der Waals surface area contributed by atoms with Gasteiger partial charge in [0.1, 0.15) is 0 Å². The summed E-state index contributed by atoms with van der Waals surface area (Å²) in [5, 5.41) is 7.57. The van der Waals surface area contributed by atoms with E-state index in [2.05, 4.69) is 51.5 Å². The van der Waals surface area contributed by atoms with Gasteiger partial charge in [0.15, 0.2) is 10.8 Å². The highest BCUT2D eigenvalue weighted by Gasteiger charge is 2.17. The first-order valence-corrected chi connectivity index (χ1v) is 8.76. The third-order valence-electron chi connectivity index (χ3n) is 3.65. The van der Waals surface area contributed by atoms with E-state index in [1.54, 1.807) is 24.0 Å². The van der Waals surface area contributed by atoms with Crippen molar-refractivity contribution in [2.45, 2.75) is 13.5 Å². The highest BCUT2D eigenvalue weighted by molar-refractivity contribution is 7.16. The average Bonchev–Trinajstić information content (AvgIpc) is 3.14. The Bertz CT molecular complexity index is 879. The number of rotatable bonds is 5. The Hall–Kier alpha value is -2.51. The van der Waals surface area contributed by atoms with Gasteiger partial charge in [0, 0.05) is 30.2 Å². The minimum absolute atomic E-state index is 0.249. The van der Waals surface area contributed by atoms with Gasteiger partial charge in [0.25, 0.3) is 5.91 Å². The predicted molar refractivity (Wildman–Crippen MR) is 101 cm³/mol. The number of hydrogen-bond acceptors (Lipinski definition) is 5. The Morgan fingerprint density at radius 2 is 1.96 bits per heavy atom. The second-order valence-corrected chi connectivity index (χ2v) is 7.31. The predicted octanol–water partition coefficient (Wildman–Crippen LogP) is 3.17. The fourth-order valence-corrected chi connectivity index (χ4v) is 3.53. The van der Waals surface area contributed by atoms with Crippen LogP contribution in [0.3, 0.4) is 0 Å². The largest absolute Gasteiger partial charge is 0.304 e. The van der Waals surface area contributed by atoms with Crippen molar-refractivity contribution in [2.75, 3.05) is 19.4 Å². The second-order valence-electron chi connectivity index (χ2n) is 6.22. The standard InChI is InChI=1S/C18H21N5OS/c1-12-5-7-13(8-6-12)16-15(11-22(2)3)25-18(19-16)20-17(24)14-9-10-23(4)21-14/h5-10H,11H2,1-4H3,(H,19,20,24). The maximum absolute atomic E-state index is 12.3. The molecule has 1 N–H and O–H groups in total. The molecule has 0 aliphatic carbocycles. The molecule has 0 spiro atoms. The smallest absolute Gasteiger partial charge is 0.277 e. The number of aryl methyl sites for hydroxylation is 2. The van der Waals surface area contributed by atoms with Crippen LogP contribution in [0.5, 0.6) is 0 Å². The number of thiazole rings is 1. The van der Waals surface area contributed by atoms with Crippen LogP contribution in [0.1, 0.15) is 20.9 Å². The lowest BCUT2D eigenvalue weighted by Gasteiger charge is -2.09. The quantitative estimate of drug-likeness (QED) is 0.764. The first kappa shape index (κ1) is 17.3. The lowest BCUT2D eigenvalue weighted by atomic mass is 10.1. The molecule has 1 aromatic carbocycles. The normalized spacial score (nSPS) is 11.1. The zero-order valence-electron chi connectivity index (χ0n) is 14.8. The lowest BCUT2D eigenvalue weighted by Crippen LogP contribution is -2.12. The van der Waals surface area contributed by atoms with E-state index in [4.69, 9.17) is 0 Å². The molecule has 6 nitrogen and oxygen atoms in total. The third-order valence-corrected chi connectivity index (χ3v) is 4.60. The van der Waals surface area contributed by atoms with Crippen LogP contribution in [-0.2, 0) is 13.6 Å². The van der Waals surface area contributed by atoms with Gasteiger partial charge in [-0.25, -0.2) is 4.98 Å². The summed E-state index contributed by atoms with van der Waals surface area (Å²) in [7, 11) is 5.82. The van der Waals surface area contributed by atoms with Gasteiger partial charge < -0.3 is 4.90 Å². The summed E-state index contributed by atoms with van der Waals surface area (Å²) >= 11 is 1.50. The molecule has 3 aromatic rings. The highest BCUT2D eigenvalue weighted by Crippen LogP contribution is 2.32. The van der Waals surface area contributed by atoms with E-state index in [-0.39, 0.29) is 5.91 Å². The van der Waals surface area contributed by atoms with Crippen molar-refractivity contribution in [2.24, 2.45) is 7.05 Å². The molecule has 130 valence electrons. The van der Waals surface area contributed by atoms with Crippen molar-refractivity contribution in [1.82, 2.24) is 19.7 Å². The molecule has 3 rings (SSSR count). The van der Waals surface area contributed by atoms with Gasteiger partial charge in [-0.1, -0.05) is 41.2 Å². The summed E-state index contributed by atoms with van der Waals surface area (Å²) in [6.07, 6.45) is 1.74. The molecule has 0 saturated carbocycles. The summed E-state index contributed by atoms with van der Waals surface area (Å²) in [6, 6.07) is 9.95. The number of carbonyl (C=O) groups is 1. The summed E-state index contributed by atoms with van der Waals surface area (Å²) in [6.45, 7) is 2.82.